The van der Waals surface area contributed by atoms with E-state index in [2.05, 4.69) is 20.0 Å². The average molecular weight is 412 g/mol. The SMILES string of the molecule is O=C1[C@@H](CCCc2c(F)ccn3ncnc23)C[C@H]2CN(c3ccc(F)cn3)CCN12. The number of carbonyl (C=O) groups is 1. The Hall–Kier alpha value is -3.10. The van der Waals surface area contributed by atoms with E-state index >= 15 is 0 Å². The molecular formula is C21H22F2N6O. The molecule has 30 heavy (non-hydrogen) atoms. The lowest BCUT2D eigenvalue weighted by atomic mass is 9.96. The summed E-state index contributed by atoms with van der Waals surface area (Å²) in [5.41, 5.74) is 1.08. The quantitative estimate of drug-likeness (QED) is 0.644. The van der Waals surface area contributed by atoms with Crippen LogP contribution in [0.2, 0.25) is 0 Å². The van der Waals surface area contributed by atoms with Crippen molar-refractivity contribution in [1.29, 1.82) is 0 Å². The van der Waals surface area contributed by atoms with Crippen LogP contribution in [0.4, 0.5) is 14.6 Å². The van der Waals surface area contributed by atoms with Crippen LogP contribution in [0.15, 0.2) is 36.9 Å². The third-order valence-electron chi connectivity index (χ3n) is 6.18. The Morgan fingerprint density at radius 2 is 2.03 bits per heavy atom. The number of piperazine rings is 1. The van der Waals surface area contributed by atoms with Crippen LogP contribution < -0.4 is 4.90 Å². The molecule has 2 fully saturated rings. The Morgan fingerprint density at radius 3 is 2.87 bits per heavy atom. The molecule has 2 aliphatic heterocycles. The highest BCUT2D eigenvalue weighted by molar-refractivity contribution is 5.82. The van der Waals surface area contributed by atoms with E-state index in [1.54, 1.807) is 16.8 Å². The van der Waals surface area contributed by atoms with Crippen molar-refractivity contribution >= 4 is 17.4 Å². The van der Waals surface area contributed by atoms with Gasteiger partial charge >= 0.3 is 0 Å². The molecule has 5 rings (SSSR count). The van der Waals surface area contributed by atoms with Crippen molar-refractivity contribution in [3.8, 4) is 0 Å². The van der Waals surface area contributed by atoms with Gasteiger partial charge in [0, 0.05) is 37.3 Å². The maximum atomic E-state index is 14.3. The maximum Gasteiger partial charge on any atom is 0.226 e. The first-order valence-electron chi connectivity index (χ1n) is 10.2. The van der Waals surface area contributed by atoms with Crippen molar-refractivity contribution in [3.05, 3.63) is 54.1 Å². The van der Waals surface area contributed by atoms with Crippen molar-refractivity contribution in [1.82, 2.24) is 24.5 Å². The van der Waals surface area contributed by atoms with Crippen molar-refractivity contribution in [2.45, 2.75) is 31.7 Å². The molecule has 7 nitrogen and oxygen atoms in total. The van der Waals surface area contributed by atoms with Crippen LogP contribution in [-0.4, -0.2) is 56.1 Å². The zero-order chi connectivity index (χ0) is 20.7. The normalized spacial score (nSPS) is 21.5. The predicted octanol–water partition coefficient (Wildman–Crippen LogP) is 2.46. The van der Waals surface area contributed by atoms with Gasteiger partial charge in [-0.05, 0) is 43.9 Å². The predicted molar refractivity (Wildman–Crippen MR) is 106 cm³/mol. The van der Waals surface area contributed by atoms with Gasteiger partial charge in [0.05, 0.1) is 12.2 Å². The molecule has 3 aromatic rings. The minimum Gasteiger partial charge on any atom is -0.353 e. The van der Waals surface area contributed by atoms with E-state index in [4.69, 9.17) is 0 Å². The fourth-order valence-corrected chi connectivity index (χ4v) is 4.69. The Balaban J connectivity index is 1.21. The molecular weight excluding hydrogens is 390 g/mol. The molecule has 156 valence electrons. The van der Waals surface area contributed by atoms with Gasteiger partial charge in [0.1, 0.15) is 23.8 Å². The summed E-state index contributed by atoms with van der Waals surface area (Å²) >= 11 is 0. The number of hydrogen-bond acceptors (Lipinski definition) is 5. The van der Waals surface area contributed by atoms with E-state index in [-0.39, 0.29) is 29.5 Å². The summed E-state index contributed by atoms with van der Waals surface area (Å²) in [4.78, 5) is 25.2. The summed E-state index contributed by atoms with van der Waals surface area (Å²) in [5.74, 6) is 0.244. The third-order valence-corrected chi connectivity index (χ3v) is 6.18. The Morgan fingerprint density at radius 1 is 1.13 bits per heavy atom. The first kappa shape index (κ1) is 18.9. The van der Waals surface area contributed by atoms with Gasteiger partial charge < -0.3 is 9.80 Å². The number of aromatic nitrogens is 4. The number of pyridine rings is 2. The van der Waals surface area contributed by atoms with E-state index in [0.29, 0.717) is 43.7 Å². The van der Waals surface area contributed by atoms with E-state index in [9.17, 15) is 13.6 Å². The minimum absolute atomic E-state index is 0.0446. The van der Waals surface area contributed by atoms with Gasteiger partial charge in [0.15, 0.2) is 5.65 Å². The molecule has 3 aromatic heterocycles. The molecule has 2 saturated heterocycles. The highest BCUT2D eigenvalue weighted by Crippen LogP contribution is 2.32. The van der Waals surface area contributed by atoms with Crippen LogP contribution in [0.5, 0.6) is 0 Å². The number of carbonyl (C=O) groups excluding carboxylic acids is 1. The van der Waals surface area contributed by atoms with E-state index in [1.807, 2.05) is 4.90 Å². The van der Waals surface area contributed by atoms with Gasteiger partial charge in [0.2, 0.25) is 5.91 Å². The second kappa shape index (κ2) is 7.62. The first-order valence-corrected chi connectivity index (χ1v) is 10.2. The van der Waals surface area contributed by atoms with Gasteiger partial charge in [-0.25, -0.2) is 23.3 Å². The van der Waals surface area contributed by atoms with Crippen LogP contribution in [-0.2, 0) is 11.2 Å². The monoisotopic (exact) mass is 412 g/mol. The lowest BCUT2D eigenvalue weighted by Gasteiger charge is -2.38. The Bertz CT molecular complexity index is 1070. The number of anilines is 1. The standard InChI is InChI=1S/C21H22F2N6O/c22-15-4-5-19(24-11-15)27-8-9-28-16(12-27)10-14(21(28)30)2-1-3-17-18(23)6-7-29-20(17)25-13-26-29/h4-7,11,13-14,16H,1-3,8-10,12H2/t14-,16-/m0/s1. The molecule has 0 unspecified atom stereocenters. The Kier molecular flexibility index (Phi) is 4.80. The fraction of sp³-hybridized carbons (Fsp3) is 0.429. The number of rotatable bonds is 5. The van der Waals surface area contributed by atoms with Crippen LogP contribution in [0.25, 0.3) is 5.65 Å². The second-order valence-electron chi connectivity index (χ2n) is 7.96. The highest BCUT2D eigenvalue weighted by atomic mass is 19.1. The molecule has 1 amide bonds. The summed E-state index contributed by atoms with van der Waals surface area (Å²) < 4.78 is 29.0. The summed E-state index contributed by atoms with van der Waals surface area (Å²) in [5, 5.41) is 4.05. The number of aryl methyl sites for hydroxylation is 1. The molecule has 0 spiro atoms. The average Bonchev–Trinajstić information content (AvgIpc) is 3.35. The van der Waals surface area contributed by atoms with Gasteiger partial charge in [-0.2, -0.15) is 5.10 Å². The number of amides is 1. The van der Waals surface area contributed by atoms with Crippen LogP contribution >= 0.6 is 0 Å². The van der Waals surface area contributed by atoms with Gasteiger partial charge in [-0.15, -0.1) is 0 Å². The van der Waals surface area contributed by atoms with Crippen molar-refractivity contribution in [2.24, 2.45) is 5.92 Å². The summed E-state index contributed by atoms with van der Waals surface area (Å²) in [6.45, 7) is 2.04. The Labute approximate surface area is 172 Å². The van der Waals surface area contributed by atoms with Crippen LogP contribution in [0.1, 0.15) is 24.8 Å². The zero-order valence-electron chi connectivity index (χ0n) is 16.4. The maximum absolute atomic E-state index is 14.3. The van der Waals surface area contributed by atoms with Crippen LogP contribution in [0.3, 0.4) is 0 Å². The van der Waals surface area contributed by atoms with E-state index < -0.39 is 0 Å². The molecule has 0 saturated carbocycles. The topological polar surface area (TPSA) is 66.6 Å². The largest absolute Gasteiger partial charge is 0.353 e. The molecule has 2 atom stereocenters. The lowest BCUT2D eigenvalue weighted by Crippen LogP contribution is -2.51. The van der Waals surface area contributed by atoms with Crippen molar-refractivity contribution in [3.63, 3.8) is 0 Å². The summed E-state index contributed by atoms with van der Waals surface area (Å²) in [7, 11) is 0. The van der Waals surface area contributed by atoms with Gasteiger partial charge in [-0.1, -0.05) is 0 Å². The molecule has 0 aromatic carbocycles. The second-order valence-corrected chi connectivity index (χ2v) is 7.96. The number of fused-ring (bicyclic) bond motifs is 2. The number of hydrogen-bond donors (Lipinski definition) is 0. The molecule has 0 radical (unpaired) electrons. The summed E-state index contributed by atoms with van der Waals surface area (Å²) in [6, 6.07) is 4.63. The zero-order valence-corrected chi connectivity index (χ0v) is 16.4. The number of nitrogens with zero attached hydrogens (tertiary/aromatic N) is 6. The summed E-state index contributed by atoms with van der Waals surface area (Å²) in [6.07, 6.45) is 6.93. The third kappa shape index (κ3) is 3.38. The van der Waals surface area contributed by atoms with Gasteiger partial charge in [-0.3, -0.25) is 4.79 Å². The molecule has 9 heteroatoms. The molecule has 0 aliphatic carbocycles. The molecule has 0 N–H and O–H groups in total. The smallest absolute Gasteiger partial charge is 0.226 e. The van der Waals surface area contributed by atoms with Crippen LogP contribution in [0, 0.1) is 17.6 Å². The first-order chi connectivity index (χ1) is 14.6. The lowest BCUT2D eigenvalue weighted by molar-refractivity contribution is -0.132. The molecule has 5 heterocycles. The fourth-order valence-electron chi connectivity index (χ4n) is 4.69. The minimum atomic E-state index is -0.355. The van der Waals surface area contributed by atoms with Crippen molar-refractivity contribution in [2.75, 3.05) is 24.5 Å². The van der Waals surface area contributed by atoms with E-state index in [1.165, 1.54) is 24.7 Å². The number of halogens is 2. The highest BCUT2D eigenvalue weighted by Gasteiger charge is 2.42. The molecule has 2 aliphatic rings. The van der Waals surface area contributed by atoms with Gasteiger partial charge in [0.25, 0.3) is 0 Å². The molecule has 0 bridgehead atoms. The van der Waals surface area contributed by atoms with E-state index in [0.717, 1.165) is 18.7 Å². The van der Waals surface area contributed by atoms with Crippen molar-refractivity contribution < 1.29 is 13.6 Å².